The predicted molar refractivity (Wildman–Crippen MR) is 101 cm³/mol. The molecule has 1 aromatic carbocycles. The highest BCUT2D eigenvalue weighted by atomic mass is 16.2. The number of nitriles is 1. The van der Waals surface area contributed by atoms with Crippen molar-refractivity contribution in [3.63, 3.8) is 0 Å². The highest BCUT2D eigenvalue weighted by Crippen LogP contribution is 2.29. The molecule has 1 aliphatic rings. The third-order valence-corrected chi connectivity index (χ3v) is 5.03. The molecule has 0 saturated heterocycles. The number of carbonyl (C=O) groups is 2. The lowest BCUT2D eigenvalue weighted by Crippen LogP contribution is -2.38. The average Bonchev–Trinajstić information content (AvgIpc) is 3.04. The molecule has 1 aliphatic carbocycles. The minimum atomic E-state index is -0.710. The molecule has 1 atom stereocenters. The summed E-state index contributed by atoms with van der Waals surface area (Å²) in [6.07, 6.45) is 4.41. The van der Waals surface area contributed by atoms with Gasteiger partial charge in [-0.25, -0.2) is 0 Å². The first-order valence-electron chi connectivity index (χ1n) is 8.96. The third-order valence-electron chi connectivity index (χ3n) is 5.03. The molecule has 2 amide bonds. The number of nitrogens with one attached hydrogen (secondary N) is 2. The van der Waals surface area contributed by atoms with Gasteiger partial charge in [-0.05, 0) is 50.8 Å². The number of carbonyl (C=O) groups excluding carboxylic acids is 2. The maximum Gasteiger partial charge on any atom is 0.313 e. The monoisotopic (exact) mass is 365 g/mol. The first kappa shape index (κ1) is 18.6. The minimum absolute atomic E-state index is 0.195. The Labute approximate surface area is 158 Å². The summed E-state index contributed by atoms with van der Waals surface area (Å²) >= 11 is 0. The molecule has 7 heteroatoms. The summed E-state index contributed by atoms with van der Waals surface area (Å²) in [6.45, 7) is 3.65. The van der Waals surface area contributed by atoms with Gasteiger partial charge in [0.25, 0.3) is 0 Å². The van der Waals surface area contributed by atoms with Gasteiger partial charge in [0.1, 0.15) is 0 Å². The first-order chi connectivity index (χ1) is 12.8. The van der Waals surface area contributed by atoms with Gasteiger partial charge in [-0.15, -0.1) is 0 Å². The molecule has 140 valence electrons. The lowest BCUT2D eigenvalue weighted by atomic mass is 9.86. The van der Waals surface area contributed by atoms with Crippen molar-refractivity contribution < 1.29 is 9.59 Å². The number of amides is 2. The Hall–Kier alpha value is -3.14. The van der Waals surface area contributed by atoms with Crippen molar-refractivity contribution in [3.05, 3.63) is 47.3 Å². The predicted octanol–water partition coefficient (Wildman–Crippen LogP) is 2.35. The Kier molecular flexibility index (Phi) is 5.00. The van der Waals surface area contributed by atoms with Gasteiger partial charge >= 0.3 is 11.8 Å². The second kappa shape index (κ2) is 7.23. The van der Waals surface area contributed by atoms with Crippen LogP contribution in [0.1, 0.15) is 49.6 Å². The maximum atomic E-state index is 12.3. The number of aryl methyl sites for hydroxylation is 1. The summed E-state index contributed by atoms with van der Waals surface area (Å²) in [7, 11) is 1.88. The van der Waals surface area contributed by atoms with E-state index in [1.807, 2.05) is 25.6 Å². The highest BCUT2D eigenvalue weighted by molar-refractivity contribution is 6.39. The number of benzene rings is 1. The number of aromatic nitrogens is 2. The summed E-state index contributed by atoms with van der Waals surface area (Å²) < 4.78 is 1.82. The molecule has 0 spiro atoms. The van der Waals surface area contributed by atoms with Crippen LogP contribution in [0.25, 0.3) is 0 Å². The fourth-order valence-corrected chi connectivity index (χ4v) is 3.30. The number of fused-ring (bicyclic) bond motifs is 1. The van der Waals surface area contributed by atoms with Gasteiger partial charge in [-0.3, -0.25) is 14.3 Å². The Morgan fingerprint density at radius 3 is 2.63 bits per heavy atom. The van der Waals surface area contributed by atoms with E-state index < -0.39 is 17.2 Å². The van der Waals surface area contributed by atoms with Crippen molar-refractivity contribution in [2.45, 2.75) is 44.6 Å². The molecule has 0 saturated carbocycles. The Balaban J connectivity index is 1.64. The van der Waals surface area contributed by atoms with Crippen LogP contribution < -0.4 is 10.6 Å². The summed E-state index contributed by atoms with van der Waals surface area (Å²) in [4.78, 5) is 24.6. The molecule has 3 rings (SSSR count). The smallest absolute Gasteiger partial charge is 0.313 e. The second-order valence-electron chi connectivity index (χ2n) is 7.36. The van der Waals surface area contributed by atoms with Crippen LogP contribution in [-0.2, 0) is 28.5 Å². The van der Waals surface area contributed by atoms with E-state index in [-0.39, 0.29) is 6.04 Å². The molecule has 0 aliphatic heterocycles. The van der Waals surface area contributed by atoms with E-state index in [2.05, 4.69) is 21.8 Å². The second-order valence-corrected chi connectivity index (χ2v) is 7.36. The summed E-state index contributed by atoms with van der Waals surface area (Å²) in [5, 5.41) is 18.8. The van der Waals surface area contributed by atoms with Gasteiger partial charge in [-0.1, -0.05) is 12.1 Å². The lowest BCUT2D eigenvalue weighted by molar-refractivity contribution is -0.136. The van der Waals surface area contributed by atoms with Gasteiger partial charge in [0.15, 0.2) is 0 Å². The van der Waals surface area contributed by atoms with Crippen molar-refractivity contribution in [1.82, 2.24) is 15.1 Å². The van der Waals surface area contributed by atoms with Gasteiger partial charge in [0.2, 0.25) is 0 Å². The fourth-order valence-electron chi connectivity index (χ4n) is 3.30. The van der Waals surface area contributed by atoms with Gasteiger partial charge in [0.05, 0.1) is 23.7 Å². The van der Waals surface area contributed by atoms with Gasteiger partial charge in [0, 0.05) is 24.0 Å². The van der Waals surface area contributed by atoms with Crippen LogP contribution in [0.5, 0.6) is 0 Å². The quantitative estimate of drug-likeness (QED) is 0.816. The van der Waals surface area contributed by atoms with Crippen molar-refractivity contribution in [3.8, 4) is 6.07 Å². The largest absolute Gasteiger partial charge is 0.341 e. The highest BCUT2D eigenvalue weighted by Gasteiger charge is 2.27. The molecule has 1 heterocycles. The molecule has 2 aromatic rings. The van der Waals surface area contributed by atoms with Crippen LogP contribution in [0, 0.1) is 11.3 Å². The van der Waals surface area contributed by atoms with Crippen molar-refractivity contribution in [2.24, 2.45) is 7.05 Å². The first-order valence-corrected chi connectivity index (χ1v) is 8.96. The zero-order valence-electron chi connectivity index (χ0n) is 15.7. The van der Waals surface area contributed by atoms with E-state index in [9.17, 15) is 14.9 Å². The van der Waals surface area contributed by atoms with Crippen LogP contribution in [-0.4, -0.2) is 21.6 Å². The van der Waals surface area contributed by atoms with Crippen molar-refractivity contribution in [1.29, 1.82) is 5.26 Å². The molecule has 0 bridgehead atoms. The van der Waals surface area contributed by atoms with Gasteiger partial charge < -0.3 is 10.6 Å². The molecule has 1 aromatic heterocycles. The van der Waals surface area contributed by atoms with E-state index in [0.717, 1.165) is 36.1 Å². The normalized spacial score (nSPS) is 16.1. The average molecular weight is 365 g/mol. The van der Waals surface area contributed by atoms with E-state index >= 15 is 0 Å². The van der Waals surface area contributed by atoms with E-state index in [0.29, 0.717) is 5.69 Å². The Bertz CT molecular complexity index is 905. The molecule has 0 radical (unpaired) electrons. The molecular formula is C20H23N5O2. The van der Waals surface area contributed by atoms with Crippen LogP contribution in [0.3, 0.4) is 0 Å². The molecule has 1 unspecified atom stereocenters. The molecule has 7 nitrogen and oxygen atoms in total. The number of hydrogen-bond donors (Lipinski definition) is 2. The van der Waals surface area contributed by atoms with Crippen molar-refractivity contribution >= 4 is 17.5 Å². The van der Waals surface area contributed by atoms with Crippen LogP contribution in [0.15, 0.2) is 30.5 Å². The number of rotatable bonds is 3. The van der Waals surface area contributed by atoms with E-state index in [1.165, 1.54) is 0 Å². The Morgan fingerprint density at radius 2 is 1.96 bits per heavy atom. The van der Waals surface area contributed by atoms with Gasteiger partial charge in [-0.2, -0.15) is 10.4 Å². The zero-order chi connectivity index (χ0) is 19.6. The summed E-state index contributed by atoms with van der Waals surface area (Å²) in [5.74, 6) is -1.38. The number of nitrogens with zero attached hydrogens (tertiary/aromatic N) is 3. The fraction of sp³-hybridized carbons (Fsp3) is 0.400. The lowest BCUT2D eigenvalue weighted by Gasteiger charge is -2.23. The van der Waals surface area contributed by atoms with Crippen LogP contribution in [0.2, 0.25) is 0 Å². The summed E-state index contributed by atoms with van der Waals surface area (Å²) in [6, 6.07) is 8.98. The molecule has 2 N–H and O–H groups in total. The van der Waals surface area contributed by atoms with Crippen LogP contribution >= 0.6 is 0 Å². The van der Waals surface area contributed by atoms with E-state index in [1.54, 1.807) is 30.5 Å². The van der Waals surface area contributed by atoms with E-state index in [4.69, 9.17) is 0 Å². The van der Waals surface area contributed by atoms with Crippen LogP contribution in [0.4, 0.5) is 5.69 Å². The topological polar surface area (TPSA) is 99.8 Å². The zero-order valence-corrected chi connectivity index (χ0v) is 15.7. The molecule has 0 fully saturated rings. The minimum Gasteiger partial charge on any atom is -0.341 e. The standard InChI is InChI=1S/C20H23N5O2/c1-20(2,12-21)13-7-9-14(10-8-13)23-18(26)19(27)24-16-5-4-6-17-15(16)11-22-25(17)3/h7-11,16H,4-6H2,1-3H3,(H,23,26)(H,24,27). The Morgan fingerprint density at radius 1 is 1.26 bits per heavy atom. The number of anilines is 1. The third kappa shape index (κ3) is 3.85. The molecular weight excluding hydrogens is 342 g/mol. The number of hydrogen-bond acceptors (Lipinski definition) is 4. The summed E-state index contributed by atoms with van der Waals surface area (Å²) in [5.41, 5.74) is 2.83. The van der Waals surface area contributed by atoms with Crippen molar-refractivity contribution in [2.75, 3.05) is 5.32 Å². The molecule has 27 heavy (non-hydrogen) atoms. The SMILES string of the molecule is Cn1ncc2c1CCCC2NC(=O)C(=O)Nc1ccc(C(C)(C)C#N)cc1. The maximum absolute atomic E-state index is 12.3.